The summed E-state index contributed by atoms with van der Waals surface area (Å²) in [6.45, 7) is 8.23. The van der Waals surface area contributed by atoms with E-state index in [4.69, 9.17) is 33.1 Å². The number of rotatable bonds is 5. The van der Waals surface area contributed by atoms with Crippen LogP contribution in [-0.2, 0) is 16.1 Å². The molecule has 0 amide bonds. The zero-order valence-electron chi connectivity index (χ0n) is 18.2. The highest BCUT2D eigenvalue weighted by molar-refractivity contribution is 6.39. The fourth-order valence-corrected chi connectivity index (χ4v) is 5.21. The minimum absolute atomic E-state index is 0.229. The maximum Gasteiger partial charge on any atom is 0.307 e. The molecule has 2 aliphatic heterocycles. The van der Waals surface area contributed by atoms with Gasteiger partial charge in [0.05, 0.1) is 21.7 Å². The maximum atomic E-state index is 11.2. The van der Waals surface area contributed by atoms with Crippen molar-refractivity contribution in [1.29, 1.82) is 0 Å². The van der Waals surface area contributed by atoms with Crippen LogP contribution in [0.1, 0.15) is 34.6 Å². The minimum Gasteiger partial charge on any atom is -0.483 e. The average molecular weight is 479 g/mol. The molecular weight excluding hydrogens is 451 g/mol. The smallest absolute Gasteiger partial charge is 0.307 e. The average Bonchev–Trinajstić information content (AvgIpc) is 3.16. The minimum atomic E-state index is -0.676. The van der Waals surface area contributed by atoms with Crippen LogP contribution in [-0.4, -0.2) is 53.7 Å². The topological polar surface area (TPSA) is 81.1 Å². The highest BCUT2D eigenvalue weighted by atomic mass is 35.5. The van der Waals surface area contributed by atoms with Crippen LogP contribution < -0.4 is 4.90 Å². The first-order valence-corrected chi connectivity index (χ1v) is 11.3. The number of hydrogen-bond acceptors (Lipinski definition) is 4. The monoisotopic (exact) mass is 478 g/mol. The molecule has 2 saturated heterocycles. The predicted molar refractivity (Wildman–Crippen MR) is 127 cm³/mol. The highest BCUT2D eigenvalue weighted by Gasteiger charge is 2.32. The van der Waals surface area contributed by atoms with Gasteiger partial charge in [-0.2, -0.15) is 0 Å². The fourth-order valence-electron chi connectivity index (χ4n) is 4.58. The summed E-state index contributed by atoms with van der Waals surface area (Å²) in [6.07, 6.45) is 0.744. The summed E-state index contributed by atoms with van der Waals surface area (Å²) < 4.78 is 0. The molecule has 0 bridgehead atoms. The number of carbonyl (C=O) groups is 2. The Labute approximate surface area is 198 Å². The standard InChI is InChI=1S/C23H26Cl2N2O2.CH2O2/c1-14-8-17(18-11-27(12-18)22-20(24)4-3-5-21(22)25)9-15(2)19(14)13-26-7-6-16(10-26)23(28)29;2-1-3/h3-5,8-9,16,18H,6-7,10-13H2,1-2H3,(H,28,29);1H,(H,2,3)/t16-;/m0./s1. The molecule has 1 atom stereocenters. The molecule has 6 nitrogen and oxygen atoms in total. The molecule has 2 fully saturated rings. The first-order chi connectivity index (χ1) is 15.2. The van der Waals surface area contributed by atoms with E-state index < -0.39 is 5.97 Å². The van der Waals surface area contributed by atoms with Gasteiger partial charge in [-0.1, -0.05) is 41.4 Å². The van der Waals surface area contributed by atoms with Crippen LogP contribution in [0.2, 0.25) is 10.0 Å². The van der Waals surface area contributed by atoms with Crippen LogP contribution in [0.3, 0.4) is 0 Å². The van der Waals surface area contributed by atoms with Crippen molar-refractivity contribution >= 4 is 41.3 Å². The Morgan fingerprint density at radius 1 is 1.12 bits per heavy atom. The third-order valence-electron chi connectivity index (χ3n) is 6.33. The number of halogens is 2. The van der Waals surface area contributed by atoms with E-state index in [1.165, 1.54) is 22.3 Å². The summed E-state index contributed by atoms with van der Waals surface area (Å²) in [5.41, 5.74) is 6.18. The third kappa shape index (κ3) is 5.37. The number of anilines is 1. The normalized spacial score (nSPS) is 18.6. The van der Waals surface area contributed by atoms with Gasteiger partial charge in [0.2, 0.25) is 0 Å². The molecular formula is C24H28Cl2N2O4. The number of hydrogen-bond donors (Lipinski definition) is 2. The Balaban J connectivity index is 0.000000913. The van der Waals surface area contributed by atoms with Crippen molar-refractivity contribution < 1.29 is 19.8 Å². The van der Waals surface area contributed by atoms with Crippen molar-refractivity contribution in [1.82, 2.24) is 4.90 Å². The van der Waals surface area contributed by atoms with Gasteiger partial charge < -0.3 is 15.1 Å². The molecule has 2 N–H and O–H groups in total. The molecule has 2 aliphatic rings. The Kier molecular flexibility index (Phi) is 8.04. The number of carboxylic acids is 1. The molecule has 0 saturated carbocycles. The number of benzene rings is 2. The van der Waals surface area contributed by atoms with Gasteiger partial charge in [0.25, 0.3) is 6.47 Å². The van der Waals surface area contributed by atoms with Crippen LogP contribution in [0, 0.1) is 19.8 Å². The number of para-hydroxylation sites is 1. The summed E-state index contributed by atoms with van der Waals surface area (Å²) in [6, 6.07) is 10.2. The maximum absolute atomic E-state index is 11.2. The van der Waals surface area contributed by atoms with E-state index in [1.54, 1.807) is 0 Å². The number of aliphatic carboxylic acids is 1. The molecule has 2 heterocycles. The molecule has 4 rings (SSSR count). The van der Waals surface area contributed by atoms with Crippen LogP contribution >= 0.6 is 23.2 Å². The van der Waals surface area contributed by atoms with Gasteiger partial charge in [-0.3, -0.25) is 14.5 Å². The Bertz CT molecular complexity index is 949. The SMILES string of the molecule is Cc1cc(C2CN(c3c(Cl)cccc3Cl)C2)cc(C)c1CN1CC[C@H](C(=O)O)C1.O=CO. The first-order valence-electron chi connectivity index (χ1n) is 10.6. The molecule has 172 valence electrons. The lowest BCUT2D eigenvalue weighted by Crippen LogP contribution is -2.45. The second kappa shape index (κ2) is 10.6. The third-order valence-corrected chi connectivity index (χ3v) is 6.94. The quantitative estimate of drug-likeness (QED) is 0.599. The second-order valence-corrected chi connectivity index (χ2v) is 9.28. The molecule has 32 heavy (non-hydrogen) atoms. The van der Waals surface area contributed by atoms with Crippen molar-refractivity contribution in [3.05, 3.63) is 62.6 Å². The first kappa shape index (κ1) is 24.4. The largest absolute Gasteiger partial charge is 0.483 e. The molecule has 0 unspecified atom stereocenters. The molecule has 8 heteroatoms. The lowest BCUT2D eigenvalue weighted by atomic mass is 9.87. The van der Waals surface area contributed by atoms with Crippen LogP contribution in [0.5, 0.6) is 0 Å². The Morgan fingerprint density at radius 2 is 1.69 bits per heavy atom. The van der Waals surface area contributed by atoms with Gasteiger partial charge in [0.15, 0.2) is 0 Å². The van der Waals surface area contributed by atoms with Crippen LogP contribution in [0.25, 0.3) is 0 Å². The highest BCUT2D eigenvalue weighted by Crippen LogP contribution is 2.40. The number of nitrogens with zero attached hydrogens (tertiary/aromatic N) is 2. The van der Waals surface area contributed by atoms with E-state index in [2.05, 4.69) is 35.8 Å². The fraction of sp³-hybridized carbons (Fsp3) is 0.417. The lowest BCUT2D eigenvalue weighted by Gasteiger charge is -2.42. The zero-order chi connectivity index (χ0) is 23.4. The van der Waals surface area contributed by atoms with Gasteiger partial charge in [-0.05, 0) is 61.2 Å². The van der Waals surface area contributed by atoms with Crippen molar-refractivity contribution in [3.8, 4) is 0 Å². The Hall–Kier alpha value is -2.28. The summed E-state index contributed by atoms with van der Waals surface area (Å²) >= 11 is 12.7. The van der Waals surface area contributed by atoms with Gasteiger partial charge in [0.1, 0.15) is 0 Å². The molecule has 0 radical (unpaired) electrons. The molecule has 0 spiro atoms. The van der Waals surface area contributed by atoms with Gasteiger partial charge in [0, 0.05) is 32.1 Å². The molecule has 0 aromatic heterocycles. The summed E-state index contributed by atoms with van der Waals surface area (Å²) in [7, 11) is 0. The molecule has 2 aromatic rings. The van der Waals surface area contributed by atoms with E-state index in [0.717, 1.165) is 38.3 Å². The molecule has 2 aromatic carbocycles. The number of aryl methyl sites for hydroxylation is 2. The van der Waals surface area contributed by atoms with E-state index in [9.17, 15) is 9.90 Å². The van der Waals surface area contributed by atoms with Gasteiger partial charge in [-0.25, -0.2) is 0 Å². The van der Waals surface area contributed by atoms with Gasteiger partial charge in [-0.15, -0.1) is 0 Å². The number of carboxylic acid groups (broad SMARTS) is 2. The van der Waals surface area contributed by atoms with E-state index in [-0.39, 0.29) is 12.4 Å². The Morgan fingerprint density at radius 3 is 2.19 bits per heavy atom. The van der Waals surface area contributed by atoms with E-state index >= 15 is 0 Å². The summed E-state index contributed by atoms with van der Waals surface area (Å²) in [5.74, 6) is -0.436. The lowest BCUT2D eigenvalue weighted by molar-refractivity contribution is -0.141. The van der Waals surface area contributed by atoms with Gasteiger partial charge >= 0.3 is 5.97 Å². The van der Waals surface area contributed by atoms with Crippen LogP contribution in [0.15, 0.2) is 30.3 Å². The second-order valence-electron chi connectivity index (χ2n) is 8.47. The molecule has 0 aliphatic carbocycles. The number of likely N-dealkylation sites (tertiary alicyclic amines) is 1. The van der Waals surface area contributed by atoms with Crippen molar-refractivity contribution in [2.24, 2.45) is 5.92 Å². The van der Waals surface area contributed by atoms with Crippen molar-refractivity contribution in [2.45, 2.75) is 32.7 Å². The van der Waals surface area contributed by atoms with Crippen LogP contribution in [0.4, 0.5) is 5.69 Å². The summed E-state index contributed by atoms with van der Waals surface area (Å²) in [5, 5.41) is 17.5. The van der Waals surface area contributed by atoms with E-state index in [0.29, 0.717) is 22.5 Å². The summed E-state index contributed by atoms with van der Waals surface area (Å²) in [4.78, 5) is 24.1. The van der Waals surface area contributed by atoms with Crippen molar-refractivity contribution in [2.75, 3.05) is 31.1 Å². The van der Waals surface area contributed by atoms with Crippen molar-refractivity contribution in [3.63, 3.8) is 0 Å². The zero-order valence-corrected chi connectivity index (χ0v) is 19.7. The predicted octanol–water partition coefficient (Wildman–Crippen LogP) is 4.82. The van der Waals surface area contributed by atoms with E-state index in [1.807, 2.05) is 18.2 Å².